The summed E-state index contributed by atoms with van der Waals surface area (Å²) in [6.07, 6.45) is 5.58. The predicted octanol–water partition coefficient (Wildman–Crippen LogP) is 3.82. The van der Waals surface area contributed by atoms with Gasteiger partial charge in [-0.3, -0.25) is 9.88 Å². The molecule has 0 radical (unpaired) electrons. The van der Waals surface area contributed by atoms with Gasteiger partial charge in [0.1, 0.15) is 5.75 Å². The number of piperidine rings is 1. The Balaban J connectivity index is 1.56. The average Bonchev–Trinajstić information content (AvgIpc) is 2.50. The van der Waals surface area contributed by atoms with Crippen molar-refractivity contribution in [1.82, 2.24) is 9.88 Å². The highest BCUT2D eigenvalue weighted by Gasteiger charge is 2.21. The molecule has 2 heterocycles. The Labute approximate surface area is 130 Å². The van der Waals surface area contributed by atoms with E-state index in [9.17, 15) is 5.11 Å². The fourth-order valence-electron chi connectivity index (χ4n) is 2.94. The van der Waals surface area contributed by atoms with Crippen LogP contribution >= 0.6 is 11.6 Å². The largest absolute Gasteiger partial charge is 0.506 e. The summed E-state index contributed by atoms with van der Waals surface area (Å²) in [7, 11) is 0. The van der Waals surface area contributed by atoms with Gasteiger partial charge in [0.05, 0.1) is 6.20 Å². The third kappa shape index (κ3) is 3.74. The van der Waals surface area contributed by atoms with E-state index < -0.39 is 0 Å². The van der Waals surface area contributed by atoms with E-state index in [-0.39, 0.29) is 5.75 Å². The molecule has 3 nitrogen and oxygen atoms in total. The second-order valence-corrected chi connectivity index (χ2v) is 6.09. The second kappa shape index (κ2) is 6.46. The Morgan fingerprint density at radius 1 is 1.14 bits per heavy atom. The summed E-state index contributed by atoms with van der Waals surface area (Å²) < 4.78 is 0. The first-order valence-corrected chi connectivity index (χ1v) is 7.69. The van der Waals surface area contributed by atoms with Gasteiger partial charge in [-0.25, -0.2) is 0 Å². The maximum absolute atomic E-state index is 9.53. The topological polar surface area (TPSA) is 36.4 Å². The number of hydrogen-bond donors (Lipinski definition) is 1. The minimum absolute atomic E-state index is 0.260. The minimum Gasteiger partial charge on any atom is -0.506 e. The van der Waals surface area contributed by atoms with Crippen molar-refractivity contribution >= 4 is 11.6 Å². The van der Waals surface area contributed by atoms with E-state index in [2.05, 4.69) is 22.0 Å². The van der Waals surface area contributed by atoms with E-state index in [0.717, 1.165) is 43.1 Å². The number of rotatable bonds is 3. The van der Waals surface area contributed by atoms with Crippen molar-refractivity contribution in [2.75, 3.05) is 13.1 Å². The van der Waals surface area contributed by atoms with Gasteiger partial charge in [0.15, 0.2) is 0 Å². The van der Waals surface area contributed by atoms with Crippen molar-refractivity contribution in [1.29, 1.82) is 0 Å². The number of pyridine rings is 1. The van der Waals surface area contributed by atoms with E-state index in [4.69, 9.17) is 11.6 Å². The van der Waals surface area contributed by atoms with Gasteiger partial charge in [0, 0.05) is 17.8 Å². The fourth-order valence-corrected chi connectivity index (χ4v) is 3.07. The van der Waals surface area contributed by atoms with Crippen molar-refractivity contribution in [3.63, 3.8) is 0 Å². The van der Waals surface area contributed by atoms with Crippen LogP contribution in [0.4, 0.5) is 0 Å². The monoisotopic (exact) mass is 302 g/mol. The first-order chi connectivity index (χ1) is 10.2. The quantitative estimate of drug-likeness (QED) is 0.936. The summed E-state index contributed by atoms with van der Waals surface area (Å²) in [5, 5.41) is 10.3. The molecule has 3 rings (SSSR count). The lowest BCUT2D eigenvalue weighted by Crippen LogP contribution is -2.32. The summed E-state index contributed by atoms with van der Waals surface area (Å²) in [6.45, 7) is 3.12. The van der Waals surface area contributed by atoms with Crippen molar-refractivity contribution in [2.24, 2.45) is 0 Å². The number of halogens is 1. The van der Waals surface area contributed by atoms with Gasteiger partial charge < -0.3 is 5.11 Å². The van der Waals surface area contributed by atoms with Gasteiger partial charge in [0.2, 0.25) is 0 Å². The van der Waals surface area contributed by atoms with Crippen LogP contribution in [0, 0.1) is 0 Å². The molecule has 0 aliphatic carbocycles. The highest BCUT2D eigenvalue weighted by atomic mass is 35.5. The van der Waals surface area contributed by atoms with E-state index in [0.29, 0.717) is 5.92 Å². The van der Waals surface area contributed by atoms with Crippen LogP contribution in [0.2, 0.25) is 5.02 Å². The van der Waals surface area contributed by atoms with Gasteiger partial charge in [-0.2, -0.15) is 0 Å². The number of benzene rings is 1. The SMILES string of the molecule is Oc1cncc(C2CCN(Cc3ccc(Cl)cc3)CC2)c1. The normalized spacial score (nSPS) is 17.0. The first kappa shape index (κ1) is 14.4. The zero-order valence-corrected chi connectivity index (χ0v) is 12.6. The molecule has 0 bridgehead atoms. The highest BCUT2D eigenvalue weighted by Crippen LogP contribution is 2.29. The maximum Gasteiger partial charge on any atom is 0.134 e. The van der Waals surface area contributed by atoms with Crippen molar-refractivity contribution in [3.05, 3.63) is 58.9 Å². The number of aromatic hydroxyl groups is 1. The molecule has 0 atom stereocenters. The van der Waals surface area contributed by atoms with Crippen molar-refractivity contribution in [2.45, 2.75) is 25.3 Å². The Bertz CT molecular complexity index is 592. The molecule has 1 aromatic heterocycles. The Hall–Kier alpha value is -1.58. The summed E-state index contributed by atoms with van der Waals surface area (Å²) in [6, 6.07) is 9.91. The minimum atomic E-state index is 0.260. The zero-order valence-electron chi connectivity index (χ0n) is 11.9. The van der Waals surface area contributed by atoms with E-state index >= 15 is 0 Å². The Morgan fingerprint density at radius 2 is 1.86 bits per heavy atom. The number of hydrogen-bond acceptors (Lipinski definition) is 3. The number of aromatic nitrogens is 1. The lowest BCUT2D eigenvalue weighted by molar-refractivity contribution is 0.204. The molecule has 21 heavy (non-hydrogen) atoms. The summed E-state index contributed by atoms with van der Waals surface area (Å²) in [5.74, 6) is 0.766. The van der Waals surface area contributed by atoms with E-state index in [1.165, 1.54) is 11.8 Å². The second-order valence-electron chi connectivity index (χ2n) is 5.65. The van der Waals surface area contributed by atoms with Crippen LogP contribution in [-0.2, 0) is 6.54 Å². The fraction of sp³-hybridized carbons (Fsp3) is 0.353. The molecule has 1 aliphatic rings. The first-order valence-electron chi connectivity index (χ1n) is 7.31. The van der Waals surface area contributed by atoms with Crippen LogP contribution in [-0.4, -0.2) is 28.1 Å². The maximum atomic E-state index is 9.53. The number of likely N-dealkylation sites (tertiary alicyclic amines) is 1. The molecule has 0 saturated carbocycles. The van der Waals surface area contributed by atoms with Crippen LogP contribution in [0.15, 0.2) is 42.7 Å². The predicted molar refractivity (Wildman–Crippen MR) is 84.6 cm³/mol. The third-order valence-corrected chi connectivity index (χ3v) is 4.38. The molecule has 1 N–H and O–H groups in total. The molecule has 0 unspecified atom stereocenters. The van der Waals surface area contributed by atoms with Crippen LogP contribution in [0.3, 0.4) is 0 Å². The van der Waals surface area contributed by atoms with Gasteiger partial charge >= 0.3 is 0 Å². The van der Waals surface area contributed by atoms with E-state index in [1.807, 2.05) is 24.4 Å². The van der Waals surface area contributed by atoms with Crippen LogP contribution < -0.4 is 0 Å². The van der Waals surface area contributed by atoms with Crippen LogP contribution in [0.25, 0.3) is 0 Å². The molecule has 1 aliphatic heterocycles. The summed E-state index contributed by atoms with van der Waals surface area (Å²) in [5.41, 5.74) is 2.46. The molecular formula is C17H19ClN2O. The zero-order chi connectivity index (χ0) is 14.7. The molecule has 1 saturated heterocycles. The highest BCUT2D eigenvalue weighted by molar-refractivity contribution is 6.30. The standard InChI is InChI=1S/C17H19ClN2O/c18-16-3-1-13(2-4-16)12-20-7-5-14(6-8-20)15-9-17(21)11-19-10-15/h1-4,9-11,14,21H,5-8,12H2. The summed E-state index contributed by atoms with van der Waals surface area (Å²) in [4.78, 5) is 6.55. The molecular weight excluding hydrogens is 284 g/mol. The average molecular weight is 303 g/mol. The third-order valence-electron chi connectivity index (χ3n) is 4.12. The van der Waals surface area contributed by atoms with Crippen molar-refractivity contribution < 1.29 is 5.11 Å². The molecule has 4 heteroatoms. The number of nitrogens with zero attached hydrogens (tertiary/aromatic N) is 2. The summed E-state index contributed by atoms with van der Waals surface area (Å²) >= 11 is 5.91. The lowest BCUT2D eigenvalue weighted by atomic mass is 9.90. The lowest BCUT2D eigenvalue weighted by Gasteiger charge is -2.32. The Kier molecular flexibility index (Phi) is 4.42. The smallest absolute Gasteiger partial charge is 0.134 e. The molecule has 0 spiro atoms. The van der Waals surface area contributed by atoms with Gasteiger partial charge in [-0.05, 0) is 61.2 Å². The Morgan fingerprint density at radius 3 is 2.52 bits per heavy atom. The van der Waals surface area contributed by atoms with Crippen molar-refractivity contribution in [3.8, 4) is 5.75 Å². The van der Waals surface area contributed by atoms with Gasteiger partial charge in [-0.15, -0.1) is 0 Å². The molecule has 2 aromatic rings. The van der Waals surface area contributed by atoms with Gasteiger partial charge in [0.25, 0.3) is 0 Å². The van der Waals surface area contributed by atoms with Crippen LogP contribution in [0.5, 0.6) is 5.75 Å². The molecule has 0 amide bonds. The van der Waals surface area contributed by atoms with E-state index in [1.54, 1.807) is 0 Å². The molecule has 1 aromatic carbocycles. The molecule has 1 fully saturated rings. The van der Waals surface area contributed by atoms with Gasteiger partial charge in [-0.1, -0.05) is 23.7 Å². The van der Waals surface area contributed by atoms with Crippen LogP contribution in [0.1, 0.15) is 29.9 Å². The molecule has 110 valence electrons.